The average molecular weight is 432 g/mol. The highest BCUT2D eigenvalue weighted by molar-refractivity contribution is 9.10. The lowest BCUT2D eigenvalue weighted by Gasteiger charge is -2.35. The van der Waals surface area contributed by atoms with Gasteiger partial charge in [-0.2, -0.15) is 0 Å². The zero-order chi connectivity index (χ0) is 19.2. The normalized spacial score (nSPS) is 16.0. The first-order chi connectivity index (χ1) is 13.0. The SMILES string of the molecule is CN(C)c1ccc([C@H](CNC(=O)c2ccc(Br)cc2)N2CCOCC2)cc1. The Morgan fingerprint density at radius 1 is 1.11 bits per heavy atom. The fourth-order valence-electron chi connectivity index (χ4n) is 3.23. The van der Waals surface area contributed by atoms with Crippen LogP contribution in [0.4, 0.5) is 5.69 Å². The summed E-state index contributed by atoms with van der Waals surface area (Å²) in [5.41, 5.74) is 3.04. The molecule has 0 bridgehead atoms. The Bertz CT molecular complexity index is 741. The summed E-state index contributed by atoms with van der Waals surface area (Å²) in [6, 6.07) is 16.1. The molecule has 1 N–H and O–H groups in total. The molecule has 144 valence electrons. The Kier molecular flexibility index (Phi) is 6.88. The monoisotopic (exact) mass is 431 g/mol. The summed E-state index contributed by atoms with van der Waals surface area (Å²) >= 11 is 3.40. The summed E-state index contributed by atoms with van der Waals surface area (Å²) in [5.74, 6) is -0.0503. The lowest BCUT2D eigenvalue weighted by molar-refractivity contribution is 0.0162. The summed E-state index contributed by atoms with van der Waals surface area (Å²) in [4.78, 5) is 17.0. The number of anilines is 1. The summed E-state index contributed by atoms with van der Waals surface area (Å²) in [6.07, 6.45) is 0. The van der Waals surface area contributed by atoms with Crippen molar-refractivity contribution in [3.63, 3.8) is 0 Å². The van der Waals surface area contributed by atoms with E-state index in [-0.39, 0.29) is 11.9 Å². The predicted octanol–water partition coefficient (Wildman–Crippen LogP) is 3.32. The minimum absolute atomic E-state index is 0.0503. The third-order valence-corrected chi connectivity index (χ3v) is 5.37. The maximum Gasteiger partial charge on any atom is 0.251 e. The third kappa shape index (κ3) is 5.31. The zero-order valence-corrected chi connectivity index (χ0v) is 17.4. The minimum atomic E-state index is -0.0503. The number of nitrogens with zero attached hydrogens (tertiary/aromatic N) is 2. The topological polar surface area (TPSA) is 44.8 Å². The van der Waals surface area contributed by atoms with Gasteiger partial charge in [0.1, 0.15) is 0 Å². The van der Waals surface area contributed by atoms with E-state index in [1.807, 2.05) is 38.4 Å². The molecule has 1 heterocycles. The van der Waals surface area contributed by atoms with Gasteiger partial charge in [0.2, 0.25) is 0 Å². The van der Waals surface area contributed by atoms with Crippen LogP contribution in [0.5, 0.6) is 0 Å². The van der Waals surface area contributed by atoms with Crippen molar-refractivity contribution in [2.24, 2.45) is 0 Å². The van der Waals surface area contributed by atoms with Crippen LogP contribution in [0, 0.1) is 0 Å². The van der Waals surface area contributed by atoms with Gasteiger partial charge in [0.15, 0.2) is 0 Å². The molecule has 2 aromatic rings. The lowest BCUT2D eigenvalue weighted by Crippen LogP contribution is -2.43. The second-order valence-electron chi connectivity index (χ2n) is 6.87. The number of carbonyl (C=O) groups is 1. The van der Waals surface area contributed by atoms with Crippen LogP contribution < -0.4 is 10.2 Å². The molecule has 1 amide bonds. The van der Waals surface area contributed by atoms with E-state index in [1.165, 1.54) is 11.3 Å². The number of halogens is 1. The van der Waals surface area contributed by atoms with Crippen molar-refractivity contribution >= 4 is 27.5 Å². The van der Waals surface area contributed by atoms with Gasteiger partial charge in [0.05, 0.1) is 19.3 Å². The van der Waals surface area contributed by atoms with Crippen molar-refractivity contribution in [1.29, 1.82) is 0 Å². The Balaban J connectivity index is 1.73. The summed E-state index contributed by atoms with van der Waals surface area (Å²) in [6.45, 7) is 3.76. The fourth-order valence-corrected chi connectivity index (χ4v) is 3.50. The summed E-state index contributed by atoms with van der Waals surface area (Å²) in [7, 11) is 4.07. The molecule has 2 aromatic carbocycles. The van der Waals surface area contributed by atoms with Gasteiger partial charge in [0.25, 0.3) is 5.91 Å². The molecule has 0 saturated carbocycles. The van der Waals surface area contributed by atoms with Gasteiger partial charge in [-0.15, -0.1) is 0 Å². The van der Waals surface area contributed by atoms with Crippen LogP contribution in [-0.2, 0) is 4.74 Å². The number of rotatable bonds is 6. The average Bonchev–Trinajstić information content (AvgIpc) is 2.69. The maximum absolute atomic E-state index is 12.5. The first-order valence-corrected chi connectivity index (χ1v) is 9.97. The molecule has 0 aliphatic carbocycles. The fraction of sp³-hybridized carbons (Fsp3) is 0.381. The smallest absolute Gasteiger partial charge is 0.251 e. The van der Waals surface area contributed by atoms with Crippen molar-refractivity contribution in [2.45, 2.75) is 6.04 Å². The number of amides is 1. The van der Waals surface area contributed by atoms with Crippen LogP contribution in [0.25, 0.3) is 0 Å². The molecular formula is C21H26BrN3O2. The number of morpholine rings is 1. The number of ether oxygens (including phenoxy) is 1. The lowest BCUT2D eigenvalue weighted by atomic mass is 10.0. The molecule has 0 unspecified atom stereocenters. The first-order valence-electron chi connectivity index (χ1n) is 9.17. The highest BCUT2D eigenvalue weighted by Gasteiger charge is 2.23. The van der Waals surface area contributed by atoms with Crippen molar-refractivity contribution in [3.8, 4) is 0 Å². The zero-order valence-electron chi connectivity index (χ0n) is 15.8. The molecule has 0 spiro atoms. The van der Waals surface area contributed by atoms with Crippen molar-refractivity contribution in [3.05, 3.63) is 64.1 Å². The van der Waals surface area contributed by atoms with E-state index in [1.54, 1.807) is 0 Å². The molecule has 3 rings (SSSR count). The van der Waals surface area contributed by atoms with E-state index in [4.69, 9.17) is 4.74 Å². The van der Waals surface area contributed by atoms with E-state index in [9.17, 15) is 4.79 Å². The summed E-state index contributed by atoms with van der Waals surface area (Å²) < 4.78 is 6.47. The van der Waals surface area contributed by atoms with E-state index < -0.39 is 0 Å². The van der Waals surface area contributed by atoms with Crippen molar-refractivity contribution in [2.75, 3.05) is 51.8 Å². The number of carbonyl (C=O) groups excluding carboxylic acids is 1. The molecule has 1 atom stereocenters. The first kappa shape index (κ1) is 19.9. The highest BCUT2D eigenvalue weighted by atomic mass is 79.9. The third-order valence-electron chi connectivity index (χ3n) is 4.84. The molecule has 1 saturated heterocycles. The Morgan fingerprint density at radius 2 is 1.74 bits per heavy atom. The van der Waals surface area contributed by atoms with Crippen molar-refractivity contribution < 1.29 is 9.53 Å². The van der Waals surface area contributed by atoms with Gasteiger partial charge in [0, 0.05) is 49.5 Å². The number of nitrogens with one attached hydrogen (secondary N) is 1. The molecule has 1 aliphatic heterocycles. The van der Waals surface area contributed by atoms with Crippen LogP contribution >= 0.6 is 15.9 Å². The van der Waals surface area contributed by atoms with Crippen LogP contribution in [0.3, 0.4) is 0 Å². The maximum atomic E-state index is 12.5. The molecule has 1 aliphatic rings. The van der Waals surface area contributed by atoms with E-state index in [2.05, 4.69) is 55.3 Å². The van der Waals surface area contributed by atoms with Gasteiger partial charge < -0.3 is 15.0 Å². The molecule has 6 heteroatoms. The largest absolute Gasteiger partial charge is 0.379 e. The molecular weight excluding hydrogens is 406 g/mol. The Labute approximate surface area is 169 Å². The number of hydrogen-bond donors (Lipinski definition) is 1. The van der Waals surface area contributed by atoms with Crippen LogP contribution in [0.15, 0.2) is 53.0 Å². The Morgan fingerprint density at radius 3 is 2.33 bits per heavy atom. The van der Waals surface area contributed by atoms with Crippen molar-refractivity contribution in [1.82, 2.24) is 10.2 Å². The molecule has 27 heavy (non-hydrogen) atoms. The number of benzene rings is 2. The molecule has 0 aromatic heterocycles. The second kappa shape index (κ2) is 9.35. The van der Waals surface area contributed by atoms with E-state index >= 15 is 0 Å². The van der Waals surface area contributed by atoms with E-state index in [0.717, 1.165) is 30.8 Å². The highest BCUT2D eigenvalue weighted by Crippen LogP contribution is 2.24. The van der Waals surface area contributed by atoms with Crippen LogP contribution in [0.1, 0.15) is 22.0 Å². The van der Waals surface area contributed by atoms with Gasteiger partial charge in [-0.3, -0.25) is 9.69 Å². The molecule has 5 nitrogen and oxygen atoms in total. The van der Waals surface area contributed by atoms with Crippen LogP contribution in [0.2, 0.25) is 0 Å². The van der Waals surface area contributed by atoms with Crippen LogP contribution in [-0.4, -0.2) is 57.8 Å². The standard InChI is InChI=1S/C21H26BrN3O2/c1-24(2)19-9-5-16(6-10-19)20(25-11-13-27-14-12-25)15-23-21(26)17-3-7-18(22)8-4-17/h3-10,20H,11-15H2,1-2H3,(H,23,26)/t20-/m0/s1. The quantitative estimate of drug-likeness (QED) is 0.761. The van der Waals surface area contributed by atoms with Gasteiger partial charge >= 0.3 is 0 Å². The molecule has 1 fully saturated rings. The molecule has 0 radical (unpaired) electrons. The summed E-state index contributed by atoms with van der Waals surface area (Å²) in [5, 5.41) is 3.10. The Hall–Kier alpha value is -1.89. The number of hydrogen-bond acceptors (Lipinski definition) is 4. The predicted molar refractivity (Wildman–Crippen MR) is 112 cm³/mol. The minimum Gasteiger partial charge on any atom is -0.379 e. The van der Waals surface area contributed by atoms with E-state index in [0.29, 0.717) is 12.1 Å². The van der Waals surface area contributed by atoms with Gasteiger partial charge in [-0.25, -0.2) is 0 Å². The van der Waals surface area contributed by atoms with Gasteiger partial charge in [-0.1, -0.05) is 28.1 Å². The second-order valence-corrected chi connectivity index (χ2v) is 7.78. The van der Waals surface area contributed by atoms with Gasteiger partial charge in [-0.05, 0) is 42.0 Å².